The fraction of sp³-hybridized carbons (Fsp3) is 0.933. The molecule has 0 amide bonds. The normalized spacial score (nSPS) is 57.8. The molecule has 102 valence electrons. The lowest BCUT2D eigenvalue weighted by Crippen LogP contribution is -2.71. The van der Waals surface area contributed by atoms with Crippen molar-refractivity contribution in [2.75, 3.05) is 0 Å². The van der Waals surface area contributed by atoms with Crippen LogP contribution in [-0.4, -0.2) is 28.2 Å². The first kappa shape index (κ1) is 12.6. The van der Waals surface area contributed by atoms with Crippen LogP contribution in [-0.2, 0) is 4.79 Å². The van der Waals surface area contributed by atoms with Crippen molar-refractivity contribution in [3.8, 4) is 0 Å². The van der Waals surface area contributed by atoms with Crippen LogP contribution >= 0.6 is 0 Å². The SMILES string of the molecule is C[C@H]1C[C@@H](O)[C@@H]2[C@@H]3[C@H]1[C@@]2(C)[C@H](O)CC(=O)C3(C)C. The van der Waals surface area contributed by atoms with Gasteiger partial charge in [-0.3, -0.25) is 4.79 Å². The Kier molecular flexibility index (Phi) is 2.36. The first-order valence-electron chi connectivity index (χ1n) is 7.11. The third kappa shape index (κ3) is 1.16. The van der Waals surface area contributed by atoms with E-state index in [-0.39, 0.29) is 35.6 Å². The lowest BCUT2D eigenvalue weighted by molar-refractivity contribution is -0.276. The van der Waals surface area contributed by atoms with E-state index in [1.54, 1.807) is 0 Å². The monoisotopic (exact) mass is 252 g/mol. The van der Waals surface area contributed by atoms with E-state index < -0.39 is 11.5 Å². The second-order valence-corrected chi connectivity index (χ2v) is 7.59. The minimum absolute atomic E-state index is 0.0927. The second-order valence-electron chi connectivity index (χ2n) is 7.59. The third-order valence-corrected chi connectivity index (χ3v) is 6.50. The predicted molar refractivity (Wildman–Crippen MR) is 67.8 cm³/mol. The Morgan fingerprint density at radius 2 is 1.72 bits per heavy atom. The highest BCUT2D eigenvalue weighted by Crippen LogP contribution is 2.72. The van der Waals surface area contributed by atoms with Crippen LogP contribution in [0.2, 0.25) is 0 Å². The molecular weight excluding hydrogens is 228 g/mol. The third-order valence-electron chi connectivity index (χ3n) is 6.50. The number of aliphatic hydroxyl groups excluding tert-OH is 2. The number of carbonyl (C=O) groups excluding carboxylic acids is 1. The number of aliphatic hydroxyl groups is 2. The highest BCUT2D eigenvalue weighted by Gasteiger charge is 2.73. The summed E-state index contributed by atoms with van der Waals surface area (Å²) in [5.74, 6) is 1.26. The zero-order chi connectivity index (χ0) is 13.5. The first-order valence-corrected chi connectivity index (χ1v) is 7.11. The summed E-state index contributed by atoms with van der Waals surface area (Å²) in [6.07, 6.45) is 0.125. The molecule has 18 heavy (non-hydrogen) atoms. The molecule has 0 saturated heterocycles. The van der Waals surface area contributed by atoms with E-state index >= 15 is 0 Å². The number of ketones is 1. The molecule has 4 rings (SSSR count). The van der Waals surface area contributed by atoms with Gasteiger partial charge >= 0.3 is 0 Å². The molecule has 0 aromatic rings. The van der Waals surface area contributed by atoms with Gasteiger partial charge in [0.05, 0.1) is 12.2 Å². The van der Waals surface area contributed by atoms with Gasteiger partial charge < -0.3 is 10.2 Å². The summed E-state index contributed by atoms with van der Waals surface area (Å²) >= 11 is 0. The van der Waals surface area contributed by atoms with Crippen LogP contribution in [0.1, 0.15) is 40.5 Å². The van der Waals surface area contributed by atoms with Crippen molar-refractivity contribution in [2.24, 2.45) is 34.5 Å². The predicted octanol–water partition coefficient (Wildman–Crippen LogP) is 1.62. The lowest BCUT2D eigenvalue weighted by Gasteiger charge is -2.70. The molecule has 4 saturated carbocycles. The summed E-state index contributed by atoms with van der Waals surface area (Å²) in [6.45, 7) is 8.24. The minimum atomic E-state index is -0.588. The van der Waals surface area contributed by atoms with E-state index in [0.29, 0.717) is 11.8 Å². The summed E-state index contributed by atoms with van der Waals surface area (Å²) in [5, 5.41) is 20.9. The van der Waals surface area contributed by atoms with Gasteiger partial charge in [-0.1, -0.05) is 27.7 Å². The number of hydrogen-bond donors (Lipinski definition) is 2. The summed E-state index contributed by atoms with van der Waals surface area (Å²) in [5.41, 5.74) is -0.660. The minimum Gasteiger partial charge on any atom is -0.393 e. The van der Waals surface area contributed by atoms with Crippen LogP contribution in [0.5, 0.6) is 0 Å². The van der Waals surface area contributed by atoms with Crippen LogP contribution in [0.25, 0.3) is 0 Å². The maximum Gasteiger partial charge on any atom is 0.141 e. The quantitative estimate of drug-likeness (QED) is 0.688. The maximum atomic E-state index is 12.3. The average molecular weight is 252 g/mol. The van der Waals surface area contributed by atoms with Gasteiger partial charge in [-0.25, -0.2) is 0 Å². The number of carbonyl (C=O) groups is 1. The van der Waals surface area contributed by atoms with Crippen molar-refractivity contribution in [1.29, 1.82) is 0 Å². The van der Waals surface area contributed by atoms with Gasteiger partial charge in [0, 0.05) is 17.3 Å². The highest BCUT2D eigenvalue weighted by atomic mass is 16.3. The van der Waals surface area contributed by atoms with E-state index in [0.717, 1.165) is 6.42 Å². The Bertz CT molecular complexity index is 385. The summed E-state index contributed by atoms with van der Waals surface area (Å²) in [7, 11) is 0. The maximum absolute atomic E-state index is 12.3. The van der Waals surface area contributed by atoms with Gasteiger partial charge in [-0.2, -0.15) is 0 Å². The van der Waals surface area contributed by atoms with Crippen LogP contribution in [0.3, 0.4) is 0 Å². The van der Waals surface area contributed by atoms with Crippen molar-refractivity contribution >= 4 is 5.78 Å². The number of hydrogen-bond acceptors (Lipinski definition) is 3. The fourth-order valence-corrected chi connectivity index (χ4v) is 5.58. The summed E-state index contributed by atoms with van der Waals surface area (Å²) in [4.78, 5) is 12.3. The molecule has 0 heterocycles. The van der Waals surface area contributed by atoms with Gasteiger partial charge in [0.2, 0.25) is 0 Å². The summed E-state index contributed by atoms with van der Waals surface area (Å²) < 4.78 is 0. The molecule has 0 unspecified atom stereocenters. The van der Waals surface area contributed by atoms with Gasteiger partial charge in [-0.05, 0) is 30.1 Å². The van der Waals surface area contributed by atoms with Crippen molar-refractivity contribution in [3.63, 3.8) is 0 Å². The van der Waals surface area contributed by atoms with E-state index in [9.17, 15) is 15.0 Å². The Morgan fingerprint density at radius 3 is 2.28 bits per heavy atom. The van der Waals surface area contributed by atoms with Crippen molar-refractivity contribution in [3.05, 3.63) is 0 Å². The van der Waals surface area contributed by atoms with Crippen LogP contribution in [0, 0.1) is 34.5 Å². The molecule has 4 fully saturated rings. The average Bonchev–Trinajstić information content (AvgIpc) is 2.31. The highest BCUT2D eigenvalue weighted by molar-refractivity contribution is 5.86. The lowest BCUT2D eigenvalue weighted by atomic mass is 9.35. The Balaban J connectivity index is 2.13. The van der Waals surface area contributed by atoms with Crippen molar-refractivity contribution in [2.45, 2.75) is 52.7 Å². The second kappa shape index (κ2) is 3.37. The van der Waals surface area contributed by atoms with Crippen LogP contribution in [0.4, 0.5) is 0 Å². The number of fused-ring (bicyclic) bond motifs is 2. The molecule has 4 bridgehead atoms. The molecule has 4 aliphatic carbocycles. The first-order chi connectivity index (χ1) is 8.22. The molecule has 7 atom stereocenters. The molecule has 4 aliphatic rings. The van der Waals surface area contributed by atoms with Gasteiger partial charge in [0.25, 0.3) is 0 Å². The number of Topliss-reactive ketones (excluding diaryl/α,β-unsaturated/α-hetero) is 1. The number of rotatable bonds is 0. The molecule has 0 aromatic heterocycles. The zero-order valence-electron chi connectivity index (χ0n) is 11.7. The smallest absolute Gasteiger partial charge is 0.141 e. The molecule has 0 aromatic carbocycles. The van der Waals surface area contributed by atoms with Gasteiger partial charge in [-0.15, -0.1) is 0 Å². The largest absolute Gasteiger partial charge is 0.393 e. The van der Waals surface area contributed by atoms with E-state index in [1.165, 1.54) is 0 Å². The fourth-order valence-electron chi connectivity index (χ4n) is 5.58. The zero-order valence-corrected chi connectivity index (χ0v) is 11.7. The Morgan fingerprint density at radius 1 is 1.11 bits per heavy atom. The standard InChI is InChI=1S/C15H24O3/c1-7-5-8(16)12-13-11(7)15(12,4)10(18)6-9(17)14(13,2)3/h7-8,10-13,16,18H,5-6H2,1-4H3/t7-,8+,10+,11-,12+,13-,15+/m0/s1. The van der Waals surface area contributed by atoms with E-state index in [1.807, 2.05) is 13.8 Å². The topological polar surface area (TPSA) is 57.5 Å². The van der Waals surface area contributed by atoms with Crippen LogP contribution < -0.4 is 0 Å². The van der Waals surface area contributed by atoms with Gasteiger partial charge in [0.15, 0.2) is 0 Å². The molecule has 0 aliphatic heterocycles. The van der Waals surface area contributed by atoms with Crippen molar-refractivity contribution < 1.29 is 15.0 Å². The van der Waals surface area contributed by atoms with Crippen LogP contribution in [0.15, 0.2) is 0 Å². The van der Waals surface area contributed by atoms with Crippen molar-refractivity contribution in [1.82, 2.24) is 0 Å². The summed E-state index contributed by atoms with van der Waals surface area (Å²) in [6, 6.07) is 0. The molecule has 0 spiro atoms. The van der Waals surface area contributed by atoms with E-state index in [4.69, 9.17) is 0 Å². The van der Waals surface area contributed by atoms with E-state index in [2.05, 4.69) is 13.8 Å². The molecular formula is C15H24O3. The Labute approximate surface area is 109 Å². The molecule has 3 heteroatoms. The Hall–Kier alpha value is -0.410. The van der Waals surface area contributed by atoms with Gasteiger partial charge in [0.1, 0.15) is 5.78 Å². The molecule has 2 N–H and O–H groups in total. The molecule has 0 radical (unpaired) electrons. The molecule has 3 nitrogen and oxygen atoms in total.